The molecule has 1 heterocycles. The molecule has 0 aromatic heterocycles. The van der Waals surface area contributed by atoms with Crippen LogP contribution < -0.4 is 26.1 Å². The van der Waals surface area contributed by atoms with Crippen LogP contribution in [-0.2, 0) is 16.6 Å². The molecule has 0 aliphatic carbocycles. The van der Waals surface area contributed by atoms with E-state index in [-0.39, 0.29) is 0 Å². The monoisotopic (exact) mass is 450 g/mol. The van der Waals surface area contributed by atoms with E-state index in [0.29, 0.717) is 12.2 Å². The van der Waals surface area contributed by atoms with Crippen LogP contribution in [0.5, 0.6) is 0 Å². The summed E-state index contributed by atoms with van der Waals surface area (Å²) >= 11 is 0. The van der Waals surface area contributed by atoms with E-state index >= 15 is 0 Å². The fourth-order valence-corrected chi connectivity index (χ4v) is 3.80. The Bertz CT molecular complexity index is 1180. The van der Waals surface area contributed by atoms with Crippen LogP contribution in [0.3, 0.4) is 0 Å². The van der Waals surface area contributed by atoms with E-state index in [9.17, 15) is 8.42 Å². The van der Waals surface area contributed by atoms with Gasteiger partial charge >= 0.3 is 0 Å². The summed E-state index contributed by atoms with van der Waals surface area (Å²) in [6, 6.07) is 25.3. The Morgan fingerprint density at radius 1 is 0.906 bits per heavy atom. The largest absolute Gasteiger partial charge is 0.381 e. The molecule has 1 aliphatic rings. The lowest BCUT2D eigenvalue weighted by Crippen LogP contribution is -2.41. The van der Waals surface area contributed by atoms with Crippen molar-refractivity contribution < 1.29 is 8.42 Å². The van der Waals surface area contributed by atoms with Gasteiger partial charge in [0, 0.05) is 23.5 Å². The first-order valence-electron chi connectivity index (χ1n) is 10.3. The molecule has 0 bridgehead atoms. The topological polar surface area (TPSA) is 97.9 Å². The van der Waals surface area contributed by atoms with Gasteiger partial charge in [-0.25, -0.2) is 19.0 Å². The van der Waals surface area contributed by atoms with Crippen molar-refractivity contribution in [2.75, 3.05) is 15.0 Å². The minimum absolute atomic E-state index is 0.478. The van der Waals surface area contributed by atoms with Crippen LogP contribution in [0.25, 0.3) is 0 Å². The second-order valence-electron chi connectivity index (χ2n) is 7.65. The predicted molar refractivity (Wildman–Crippen MR) is 130 cm³/mol. The zero-order valence-electron chi connectivity index (χ0n) is 17.9. The third kappa shape index (κ3) is 5.01. The number of amidine groups is 1. The zero-order valence-corrected chi connectivity index (χ0v) is 18.7. The molecule has 32 heavy (non-hydrogen) atoms. The van der Waals surface area contributed by atoms with E-state index in [2.05, 4.69) is 26.2 Å². The number of hydrogen-bond acceptors (Lipinski definition) is 7. The fourth-order valence-electron chi connectivity index (χ4n) is 3.10. The van der Waals surface area contributed by atoms with Crippen LogP contribution in [0.1, 0.15) is 25.0 Å². The number of anilines is 3. The van der Waals surface area contributed by atoms with Gasteiger partial charge in [-0.2, -0.15) is 0 Å². The SMILES string of the molecule is CC(C)S(=O)(=O)Nc1ccc(CNc2ccc(C3=NNNN3c3ccccc3)cc2)cc1. The first-order valence-corrected chi connectivity index (χ1v) is 11.9. The normalized spacial score (nSPS) is 13.6. The van der Waals surface area contributed by atoms with Gasteiger partial charge in [-0.15, -0.1) is 10.6 Å². The van der Waals surface area contributed by atoms with E-state index in [1.54, 1.807) is 26.0 Å². The van der Waals surface area contributed by atoms with Gasteiger partial charge in [-0.3, -0.25) is 4.72 Å². The van der Waals surface area contributed by atoms with Gasteiger partial charge in [-0.05, 0) is 67.9 Å². The number of nitrogens with zero attached hydrogens (tertiary/aromatic N) is 2. The highest BCUT2D eigenvalue weighted by molar-refractivity contribution is 7.93. The van der Waals surface area contributed by atoms with Crippen LogP contribution in [0.4, 0.5) is 17.1 Å². The van der Waals surface area contributed by atoms with Crippen LogP contribution in [0.2, 0.25) is 0 Å². The summed E-state index contributed by atoms with van der Waals surface area (Å²) in [5, 5.41) is 9.14. The molecule has 166 valence electrons. The summed E-state index contributed by atoms with van der Waals surface area (Å²) < 4.78 is 26.5. The lowest BCUT2D eigenvalue weighted by Gasteiger charge is -2.19. The Morgan fingerprint density at radius 2 is 1.56 bits per heavy atom. The molecule has 0 unspecified atom stereocenters. The molecule has 4 rings (SSSR count). The Kier molecular flexibility index (Phi) is 6.29. The van der Waals surface area contributed by atoms with Gasteiger partial charge in [0.25, 0.3) is 0 Å². The lowest BCUT2D eigenvalue weighted by atomic mass is 10.1. The summed E-state index contributed by atoms with van der Waals surface area (Å²) in [5.41, 5.74) is 10.4. The van der Waals surface area contributed by atoms with Crippen LogP contribution in [-0.4, -0.2) is 19.5 Å². The summed E-state index contributed by atoms with van der Waals surface area (Å²) in [4.78, 5) is 0. The number of rotatable bonds is 8. The molecule has 0 atom stereocenters. The molecule has 0 saturated heterocycles. The van der Waals surface area contributed by atoms with E-state index in [0.717, 1.165) is 28.3 Å². The van der Waals surface area contributed by atoms with Crippen LogP contribution in [0, 0.1) is 0 Å². The Hall–Kier alpha value is -3.56. The summed E-state index contributed by atoms with van der Waals surface area (Å²) in [6.45, 7) is 3.92. The van der Waals surface area contributed by atoms with Crippen molar-refractivity contribution >= 4 is 32.9 Å². The molecule has 0 radical (unpaired) electrons. The maximum Gasteiger partial charge on any atom is 0.235 e. The fraction of sp³-hybridized carbons (Fsp3) is 0.174. The first-order chi connectivity index (χ1) is 15.4. The number of hydrazine groups is 2. The minimum Gasteiger partial charge on any atom is -0.381 e. The molecule has 0 saturated carbocycles. The van der Waals surface area contributed by atoms with Crippen molar-refractivity contribution in [3.8, 4) is 0 Å². The van der Waals surface area contributed by atoms with Gasteiger partial charge in [-0.1, -0.05) is 30.3 Å². The lowest BCUT2D eigenvalue weighted by molar-refractivity contribution is 0.593. The second-order valence-corrected chi connectivity index (χ2v) is 9.89. The van der Waals surface area contributed by atoms with Crippen LogP contribution >= 0.6 is 0 Å². The maximum atomic E-state index is 12.0. The smallest absolute Gasteiger partial charge is 0.235 e. The van der Waals surface area contributed by atoms with Gasteiger partial charge in [0.15, 0.2) is 5.84 Å². The molecular weight excluding hydrogens is 424 g/mol. The Balaban J connectivity index is 1.36. The molecular formula is C23H26N6O2S. The van der Waals surface area contributed by atoms with Crippen molar-refractivity contribution in [2.24, 2.45) is 5.10 Å². The van der Waals surface area contributed by atoms with Crippen molar-refractivity contribution in [2.45, 2.75) is 25.6 Å². The third-order valence-corrected chi connectivity index (χ3v) is 6.79. The Labute approximate surface area is 188 Å². The molecule has 0 spiro atoms. The summed E-state index contributed by atoms with van der Waals surface area (Å²) in [5.74, 6) is 0.780. The highest BCUT2D eigenvalue weighted by Gasteiger charge is 2.20. The first kappa shape index (κ1) is 21.7. The van der Waals surface area contributed by atoms with Crippen LogP contribution in [0.15, 0.2) is 84.0 Å². The molecule has 3 aromatic rings. The number of sulfonamides is 1. The number of hydrogen-bond donors (Lipinski definition) is 4. The molecule has 4 N–H and O–H groups in total. The van der Waals surface area contributed by atoms with Crippen molar-refractivity contribution in [1.29, 1.82) is 0 Å². The standard InChI is InChI=1S/C23H26N6O2S/c1-17(2)32(30,31)26-21-12-8-18(9-13-21)16-24-20-14-10-19(11-15-20)23-25-27-28-29(23)22-6-4-3-5-7-22/h3-15,17,24,26-28H,16H2,1-2H3. The Morgan fingerprint density at radius 3 is 2.22 bits per heavy atom. The highest BCUT2D eigenvalue weighted by atomic mass is 32.2. The highest BCUT2D eigenvalue weighted by Crippen LogP contribution is 2.19. The molecule has 0 fully saturated rings. The third-order valence-electron chi connectivity index (χ3n) is 5.02. The van der Waals surface area contributed by atoms with Gasteiger partial charge in [0.05, 0.1) is 10.9 Å². The van der Waals surface area contributed by atoms with Crippen molar-refractivity contribution in [3.05, 3.63) is 90.0 Å². The van der Waals surface area contributed by atoms with Gasteiger partial charge in [0.1, 0.15) is 0 Å². The van der Waals surface area contributed by atoms with E-state index in [4.69, 9.17) is 0 Å². The zero-order chi connectivity index (χ0) is 22.6. The van der Waals surface area contributed by atoms with E-state index < -0.39 is 15.3 Å². The number of para-hydroxylation sites is 1. The molecule has 1 aliphatic heterocycles. The maximum absolute atomic E-state index is 12.0. The van der Waals surface area contributed by atoms with Gasteiger partial charge in [0.2, 0.25) is 10.0 Å². The van der Waals surface area contributed by atoms with E-state index in [1.165, 1.54) is 0 Å². The molecule has 9 heteroatoms. The number of hydrazone groups is 1. The number of benzene rings is 3. The second kappa shape index (κ2) is 9.29. The van der Waals surface area contributed by atoms with E-state index in [1.807, 2.05) is 71.7 Å². The summed E-state index contributed by atoms with van der Waals surface area (Å²) in [6.07, 6.45) is 0. The number of nitrogens with one attached hydrogen (secondary N) is 4. The quantitative estimate of drug-likeness (QED) is 0.418. The average Bonchev–Trinajstić information content (AvgIpc) is 3.29. The van der Waals surface area contributed by atoms with Crippen molar-refractivity contribution in [1.82, 2.24) is 11.1 Å². The molecule has 0 amide bonds. The predicted octanol–water partition coefficient (Wildman–Crippen LogP) is 3.64. The van der Waals surface area contributed by atoms with Gasteiger partial charge < -0.3 is 5.32 Å². The minimum atomic E-state index is -3.34. The molecule has 8 nitrogen and oxygen atoms in total. The van der Waals surface area contributed by atoms with Crippen molar-refractivity contribution in [3.63, 3.8) is 0 Å². The average molecular weight is 451 g/mol. The summed E-state index contributed by atoms with van der Waals surface area (Å²) in [7, 11) is -3.34. The molecule has 3 aromatic carbocycles.